The molecule has 4 aliphatic heterocycles. The zero-order valence-corrected chi connectivity index (χ0v) is 37.2. The molecule has 0 bridgehead atoms. The third kappa shape index (κ3) is 6.59. The average molecular weight is 909 g/mol. The Hall–Kier alpha value is -5.49. The molecule has 64 heavy (non-hydrogen) atoms. The molecule has 16 heteroatoms. The highest BCUT2D eigenvalue weighted by Crippen LogP contribution is 2.64. The topological polar surface area (TPSA) is 164 Å². The van der Waals surface area contributed by atoms with Gasteiger partial charge in [-0.3, -0.25) is 43.7 Å². The second-order valence-corrected chi connectivity index (χ2v) is 20.3. The number of fused-ring (bicyclic) bond motifs is 4. The molecule has 6 aliphatic rings. The van der Waals surface area contributed by atoms with Gasteiger partial charge >= 0.3 is 5.69 Å². The van der Waals surface area contributed by atoms with Crippen molar-refractivity contribution in [3.8, 4) is 11.8 Å². The van der Waals surface area contributed by atoms with E-state index in [0.717, 1.165) is 12.8 Å². The Morgan fingerprint density at radius 2 is 1.67 bits per heavy atom. The van der Waals surface area contributed by atoms with E-state index in [1.165, 1.54) is 15.2 Å². The van der Waals surface area contributed by atoms with Gasteiger partial charge in [-0.2, -0.15) is 0 Å². The van der Waals surface area contributed by atoms with Crippen LogP contribution in [0.3, 0.4) is 0 Å². The van der Waals surface area contributed by atoms with Crippen molar-refractivity contribution in [2.24, 2.45) is 24.3 Å². The van der Waals surface area contributed by atoms with Crippen LogP contribution in [0.4, 0.5) is 10.1 Å². The number of nitrogens with one attached hydrogen (secondary N) is 4. The van der Waals surface area contributed by atoms with E-state index in [2.05, 4.69) is 47.0 Å². The summed E-state index contributed by atoms with van der Waals surface area (Å²) in [5.74, 6) is 3.00. The summed E-state index contributed by atoms with van der Waals surface area (Å²) in [5, 5.41) is 12.6. The Labute approximate surface area is 378 Å². The first-order valence-electron chi connectivity index (χ1n) is 22.0. The second-order valence-electron chi connectivity index (χ2n) is 19.4. The zero-order valence-electron chi connectivity index (χ0n) is 35.7. The molecule has 13 nitrogen and oxygen atoms in total. The Morgan fingerprint density at radius 3 is 2.41 bits per heavy atom. The second kappa shape index (κ2) is 15.3. The summed E-state index contributed by atoms with van der Waals surface area (Å²) in [5.41, 5.74) is 0.697. The van der Waals surface area contributed by atoms with Crippen molar-refractivity contribution in [3.63, 3.8) is 0 Å². The lowest BCUT2D eigenvalue weighted by Gasteiger charge is -2.50. The van der Waals surface area contributed by atoms with E-state index in [1.54, 1.807) is 54.4 Å². The number of carbonyl (C=O) groups is 5. The van der Waals surface area contributed by atoms with Gasteiger partial charge in [-0.25, -0.2) is 9.18 Å². The molecule has 4 N–H and O–H groups in total. The molecule has 5 heterocycles. The molecule has 10 rings (SSSR count). The van der Waals surface area contributed by atoms with E-state index in [-0.39, 0.29) is 76.0 Å². The molecule has 4 atom stereocenters. The Morgan fingerprint density at radius 1 is 0.922 bits per heavy atom. The number of imidazole rings is 1. The van der Waals surface area contributed by atoms with Gasteiger partial charge in [0.25, 0.3) is 0 Å². The molecule has 332 valence electrons. The third-order valence-corrected chi connectivity index (χ3v) is 15.6. The maximum Gasteiger partial charge on any atom is 0.329 e. The quantitative estimate of drug-likeness (QED) is 0.153. The average Bonchev–Trinajstić information content (AvgIpc) is 3.78. The fourth-order valence-corrected chi connectivity index (χ4v) is 11.9. The van der Waals surface area contributed by atoms with Crippen LogP contribution in [-0.4, -0.2) is 74.3 Å². The van der Waals surface area contributed by atoms with E-state index in [9.17, 15) is 28.8 Å². The van der Waals surface area contributed by atoms with Crippen molar-refractivity contribution in [2.45, 2.75) is 100 Å². The lowest BCUT2D eigenvalue weighted by Crippen LogP contribution is -2.61. The number of piperidine rings is 1. The van der Waals surface area contributed by atoms with Gasteiger partial charge < -0.3 is 15.5 Å². The first-order chi connectivity index (χ1) is 30.5. The highest BCUT2D eigenvalue weighted by molar-refractivity contribution is 6.31. The van der Waals surface area contributed by atoms with Crippen molar-refractivity contribution in [2.75, 3.05) is 18.4 Å². The zero-order chi connectivity index (χ0) is 45.0. The van der Waals surface area contributed by atoms with Gasteiger partial charge in [0, 0.05) is 66.2 Å². The standard InChI is InChI=1S/C48H48Cl2FN7O6/c1-46(2)15-17-47(18-16-46)48(31-11-10-28(49)22-33(31)53-44(48)63)38(30-5-4-6-32(50)39(30)51)40(55-47)42(61)52-29-20-27(21-29)43(62)57-23-26(24-57)8-7-25-9-12-34-36(19-25)56(3)45(64)58(34)35-13-14-37(59)54-41(35)60/h4-6,9-12,19,22,26-27,29,35,38,40,55H,13-18,20-21,23-24H2,1-3H3,(H,52,61)(H,53,63)(H,54,59,60)/t27?,29?,35?,38-,40+,48+/m0/s1. The van der Waals surface area contributed by atoms with E-state index in [1.807, 2.05) is 6.07 Å². The van der Waals surface area contributed by atoms with Crippen molar-refractivity contribution in [1.29, 1.82) is 0 Å². The van der Waals surface area contributed by atoms with Gasteiger partial charge in [0.15, 0.2) is 0 Å². The van der Waals surface area contributed by atoms with Gasteiger partial charge in [-0.15, -0.1) is 0 Å². The molecule has 2 aliphatic carbocycles. The number of hydrogen-bond donors (Lipinski definition) is 4. The number of imide groups is 1. The van der Waals surface area contributed by atoms with E-state index < -0.39 is 40.7 Å². The monoisotopic (exact) mass is 907 g/mol. The lowest BCUT2D eigenvalue weighted by atomic mass is 9.53. The highest BCUT2D eigenvalue weighted by atomic mass is 35.5. The minimum Gasteiger partial charge on any atom is -0.352 e. The Balaban J connectivity index is 0.824. The Kier molecular flexibility index (Phi) is 10.2. The molecule has 1 unspecified atom stereocenters. The van der Waals surface area contributed by atoms with Crippen molar-refractivity contribution in [1.82, 2.24) is 30.0 Å². The van der Waals surface area contributed by atoms with E-state index >= 15 is 4.39 Å². The number of carbonyl (C=O) groups excluding carboxylic acids is 5. The fraction of sp³-hybridized carbons (Fsp3) is 0.458. The van der Waals surface area contributed by atoms with Crippen LogP contribution in [0.15, 0.2) is 59.4 Å². The minimum atomic E-state index is -1.36. The normalized spacial score (nSPS) is 27.9. The molecule has 5 fully saturated rings. The van der Waals surface area contributed by atoms with Crippen LogP contribution < -0.4 is 27.0 Å². The van der Waals surface area contributed by atoms with Crippen LogP contribution >= 0.6 is 23.2 Å². The van der Waals surface area contributed by atoms with Gasteiger partial charge in [-0.1, -0.05) is 67.1 Å². The number of amides is 5. The highest BCUT2D eigenvalue weighted by Gasteiger charge is 2.73. The summed E-state index contributed by atoms with van der Waals surface area (Å²) >= 11 is 12.9. The number of aryl methyl sites for hydroxylation is 1. The van der Waals surface area contributed by atoms with Crippen LogP contribution in [0.2, 0.25) is 10.0 Å². The van der Waals surface area contributed by atoms with Gasteiger partial charge in [0.05, 0.1) is 28.0 Å². The van der Waals surface area contributed by atoms with Crippen molar-refractivity contribution in [3.05, 3.63) is 97.6 Å². The smallest absolute Gasteiger partial charge is 0.329 e. The maximum absolute atomic E-state index is 16.4. The summed E-state index contributed by atoms with van der Waals surface area (Å²) in [6.45, 7) is 5.35. The number of rotatable bonds is 5. The molecule has 2 saturated carbocycles. The summed E-state index contributed by atoms with van der Waals surface area (Å²) in [6, 6.07) is 13.3. The molecule has 2 spiro atoms. The molecule has 3 aromatic carbocycles. The van der Waals surface area contributed by atoms with Gasteiger partial charge in [0.2, 0.25) is 29.5 Å². The molecule has 3 saturated heterocycles. The number of benzene rings is 3. The lowest BCUT2D eigenvalue weighted by molar-refractivity contribution is -0.145. The van der Waals surface area contributed by atoms with Crippen molar-refractivity contribution >= 4 is 69.5 Å². The maximum atomic E-state index is 16.4. The minimum absolute atomic E-state index is 0.00689. The Bertz CT molecular complexity index is 2820. The number of halogens is 3. The predicted octanol–water partition coefficient (Wildman–Crippen LogP) is 5.45. The summed E-state index contributed by atoms with van der Waals surface area (Å²) in [7, 11) is 1.63. The number of hydrogen-bond acceptors (Lipinski definition) is 7. The SMILES string of the molecule is Cn1c(=O)n(C2CCC(=O)NC2=O)c2ccc(C#CC3CN(C(=O)C4CC(NC(=O)[C@@H]5NC6(CCC(C)(C)CC6)[C@@]6(C(=O)Nc7cc(Cl)ccc76)[C@H]5c5cccc(Cl)c5F)C4)C3)cc21. The molecule has 1 aromatic heterocycles. The van der Waals surface area contributed by atoms with Gasteiger partial charge in [-0.05, 0) is 97.9 Å². The number of anilines is 1. The number of aromatic nitrogens is 2. The summed E-state index contributed by atoms with van der Waals surface area (Å²) in [6.07, 6.45) is 4.03. The molecular weight excluding hydrogens is 860 g/mol. The summed E-state index contributed by atoms with van der Waals surface area (Å²) in [4.78, 5) is 82.2. The predicted molar refractivity (Wildman–Crippen MR) is 238 cm³/mol. The van der Waals surface area contributed by atoms with Crippen LogP contribution in [0.1, 0.15) is 93.9 Å². The third-order valence-electron chi connectivity index (χ3n) is 15.1. The van der Waals surface area contributed by atoms with Crippen LogP contribution in [0.25, 0.3) is 11.0 Å². The molecule has 0 radical (unpaired) electrons. The molecular formula is C48H48Cl2FN7O6. The number of likely N-dealkylation sites (tertiary alicyclic amines) is 1. The van der Waals surface area contributed by atoms with Crippen LogP contribution in [0, 0.1) is 34.9 Å². The molecule has 4 aromatic rings. The van der Waals surface area contributed by atoms with Crippen LogP contribution in [0.5, 0.6) is 0 Å². The largest absolute Gasteiger partial charge is 0.352 e. The first kappa shape index (κ1) is 42.5. The van der Waals surface area contributed by atoms with Crippen molar-refractivity contribution < 1.29 is 28.4 Å². The summed E-state index contributed by atoms with van der Waals surface area (Å²) < 4.78 is 19.3. The molecule has 5 amide bonds. The fourth-order valence-electron chi connectivity index (χ4n) is 11.5. The van der Waals surface area contributed by atoms with E-state index in [4.69, 9.17) is 23.2 Å². The van der Waals surface area contributed by atoms with E-state index in [0.29, 0.717) is 71.6 Å². The first-order valence-corrected chi connectivity index (χ1v) is 22.7. The van der Waals surface area contributed by atoms with Crippen LogP contribution in [-0.2, 0) is 36.4 Å². The van der Waals surface area contributed by atoms with Gasteiger partial charge in [0.1, 0.15) is 17.3 Å². The number of nitrogens with zero attached hydrogens (tertiary/aromatic N) is 3.